The number of carbonyl (C=O) groups is 2. The molecular weight excluding hydrogens is 429 g/mol. The lowest BCUT2D eigenvalue weighted by molar-refractivity contribution is -0.192. The summed E-state index contributed by atoms with van der Waals surface area (Å²) in [5.41, 5.74) is 0.273. The topological polar surface area (TPSA) is 83.2 Å². The SMILES string of the molecule is CN1C(COCC2CC2)CCC12CCN(C(=O)Cc1ccco1)CC2.O=C(O)C(F)(F)F. The Hall–Kier alpha value is -2.07. The largest absolute Gasteiger partial charge is 0.490 e. The van der Waals surface area contributed by atoms with Crippen LogP contribution in [0.5, 0.6) is 0 Å². The molecule has 1 aliphatic carbocycles. The summed E-state index contributed by atoms with van der Waals surface area (Å²) in [5.74, 6) is -0.970. The molecule has 0 bridgehead atoms. The van der Waals surface area contributed by atoms with Crippen molar-refractivity contribution >= 4 is 11.9 Å². The van der Waals surface area contributed by atoms with Gasteiger partial charge in [0.15, 0.2) is 0 Å². The van der Waals surface area contributed by atoms with Crippen LogP contribution in [0.4, 0.5) is 13.2 Å². The molecule has 0 aromatic carbocycles. The molecule has 7 nitrogen and oxygen atoms in total. The van der Waals surface area contributed by atoms with Gasteiger partial charge >= 0.3 is 12.1 Å². The van der Waals surface area contributed by atoms with Crippen LogP contribution in [0.1, 0.15) is 44.3 Å². The van der Waals surface area contributed by atoms with E-state index >= 15 is 0 Å². The number of halogens is 3. The summed E-state index contributed by atoms with van der Waals surface area (Å²) in [6.07, 6.45) is 4.25. The molecule has 1 unspecified atom stereocenters. The van der Waals surface area contributed by atoms with E-state index in [1.807, 2.05) is 17.0 Å². The minimum Gasteiger partial charge on any atom is -0.475 e. The molecule has 1 aromatic heterocycles. The van der Waals surface area contributed by atoms with E-state index in [9.17, 15) is 18.0 Å². The Kier molecular flexibility index (Phi) is 7.87. The van der Waals surface area contributed by atoms with E-state index < -0.39 is 12.1 Å². The molecular formula is C22H31F3N2O5. The third kappa shape index (κ3) is 6.48. The van der Waals surface area contributed by atoms with Crippen LogP contribution < -0.4 is 0 Å². The number of carboxylic acids is 1. The van der Waals surface area contributed by atoms with Crippen LogP contribution in [-0.4, -0.2) is 77.9 Å². The first-order valence-electron chi connectivity index (χ1n) is 11.0. The summed E-state index contributed by atoms with van der Waals surface area (Å²) >= 11 is 0. The van der Waals surface area contributed by atoms with Gasteiger partial charge in [0.25, 0.3) is 0 Å². The molecule has 10 heteroatoms. The number of hydrogen-bond donors (Lipinski definition) is 1. The van der Waals surface area contributed by atoms with E-state index in [1.165, 1.54) is 25.7 Å². The normalized spacial score (nSPS) is 23.1. The predicted octanol–water partition coefficient (Wildman–Crippen LogP) is 3.34. The average molecular weight is 460 g/mol. The highest BCUT2D eigenvalue weighted by Gasteiger charge is 2.46. The van der Waals surface area contributed by atoms with Gasteiger partial charge in [-0.15, -0.1) is 0 Å². The Morgan fingerprint density at radius 3 is 2.38 bits per heavy atom. The molecule has 3 aliphatic rings. The fourth-order valence-corrected chi connectivity index (χ4v) is 4.49. The minimum atomic E-state index is -5.08. The fraction of sp³-hybridized carbons (Fsp3) is 0.727. The van der Waals surface area contributed by atoms with Crippen LogP contribution in [0, 0.1) is 5.92 Å². The fourth-order valence-electron chi connectivity index (χ4n) is 4.49. The van der Waals surface area contributed by atoms with E-state index in [4.69, 9.17) is 19.1 Å². The Morgan fingerprint density at radius 1 is 1.19 bits per heavy atom. The second-order valence-electron chi connectivity index (χ2n) is 8.95. The standard InChI is InChI=1S/C20H30N2O3.C2HF3O2/c1-21-17(15-24-14-16-4-5-16)6-7-20(21)8-10-22(11-9-20)19(23)13-18-3-2-12-25-18;3-2(4,5)1(6)7/h2-3,12,16-17H,4-11,13-15H2,1H3;(H,6,7). The highest BCUT2D eigenvalue weighted by molar-refractivity contribution is 5.78. The number of rotatable bonds is 6. The van der Waals surface area contributed by atoms with Crippen molar-refractivity contribution in [3.8, 4) is 0 Å². The zero-order valence-corrected chi connectivity index (χ0v) is 18.3. The number of likely N-dealkylation sites (N-methyl/N-ethyl adjacent to an activating group) is 1. The summed E-state index contributed by atoms with van der Waals surface area (Å²) in [7, 11) is 2.26. The number of piperidine rings is 1. The zero-order chi connectivity index (χ0) is 23.4. The van der Waals surface area contributed by atoms with E-state index in [2.05, 4.69) is 11.9 Å². The zero-order valence-electron chi connectivity index (χ0n) is 18.3. The Bertz CT molecular complexity index is 756. The second-order valence-corrected chi connectivity index (χ2v) is 8.95. The van der Waals surface area contributed by atoms with Crippen LogP contribution in [-0.2, 0) is 20.7 Å². The van der Waals surface area contributed by atoms with E-state index in [0.717, 1.165) is 50.8 Å². The molecule has 4 rings (SSSR count). The summed E-state index contributed by atoms with van der Waals surface area (Å²) in [5, 5.41) is 7.12. The van der Waals surface area contributed by atoms with Gasteiger partial charge in [0.05, 0.1) is 19.3 Å². The maximum Gasteiger partial charge on any atom is 0.490 e. The third-order valence-electron chi connectivity index (χ3n) is 6.79. The van der Waals surface area contributed by atoms with Crippen molar-refractivity contribution in [3.63, 3.8) is 0 Å². The van der Waals surface area contributed by atoms with Gasteiger partial charge < -0.3 is 19.2 Å². The summed E-state index contributed by atoms with van der Waals surface area (Å²) in [6.45, 7) is 3.54. The van der Waals surface area contributed by atoms with E-state index in [0.29, 0.717) is 12.5 Å². The molecule has 32 heavy (non-hydrogen) atoms. The van der Waals surface area contributed by atoms with Crippen LogP contribution in [0.15, 0.2) is 22.8 Å². The van der Waals surface area contributed by atoms with Crippen molar-refractivity contribution in [3.05, 3.63) is 24.2 Å². The highest BCUT2D eigenvalue weighted by atomic mass is 19.4. The maximum absolute atomic E-state index is 12.5. The first-order chi connectivity index (χ1) is 15.1. The Balaban J connectivity index is 0.000000360. The van der Waals surface area contributed by atoms with Crippen molar-refractivity contribution in [2.24, 2.45) is 5.92 Å². The van der Waals surface area contributed by atoms with Crippen molar-refractivity contribution in [2.45, 2.75) is 62.7 Å². The number of likely N-dealkylation sites (tertiary alicyclic amines) is 2. The summed E-state index contributed by atoms with van der Waals surface area (Å²) in [4.78, 5) is 25.9. The van der Waals surface area contributed by atoms with Gasteiger partial charge in [0.2, 0.25) is 5.91 Å². The van der Waals surface area contributed by atoms with Gasteiger partial charge in [-0.3, -0.25) is 9.69 Å². The number of carboxylic acid groups (broad SMARTS) is 1. The lowest BCUT2D eigenvalue weighted by atomic mass is 9.85. The number of carbonyl (C=O) groups excluding carboxylic acids is 1. The molecule has 1 spiro atoms. The minimum absolute atomic E-state index is 0.190. The van der Waals surface area contributed by atoms with E-state index in [-0.39, 0.29) is 11.4 Å². The number of alkyl halides is 3. The van der Waals surface area contributed by atoms with Gasteiger partial charge in [0, 0.05) is 31.3 Å². The second kappa shape index (κ2) is 10.2. The summed E-state index contributed by atoms with van der Waals surface area (Å²) < 4.78 is 43.0. The molecule has 3 fully saturated rings. The van der Waals surface area contributed by atoms with Crippen LogP contribution in [0.2, 0.25) is 0 Å². The molecule has 1 atom stereocenters. The van der Waals surface area contributed by atoms with Crippen molar-refractivity contribution in [1.29, 1.82) is 0 Å². The van der Waals surface area contributed by atoms with Crippen molar-refractivity contribution < 1.29 is 37.0 Å². The van der Waals surface area contributed by atoms with Gasteiger partial charge in [0.1, 0.15) is 5.76 Å². The monoisotopic (exact) mass is 460 g/mol. The lowest BCUT2D eigenvalue weighted by Gasteiger charge is -2.45. The third-order valence-corrected chi connectivity index (χ3v) is 6.79. The number of amides is 1. The Labute approximate surface area is 185 Å². The molecule has 0 radical (unpaired) electrons. The van der Waals surface area contributed by atoms with Crippen LogP contribution in [0.3, 0.4) is 0 Å². The molecule has 180 valence electrons. The Morgan fingerprint density at radius 2 is 1.84 bits per heavy atom. The number of aliphatic carboxylic acids is 1. The summed E-state index contributed by atoms with van der Waals surface area (Å²) in [6, 6.07) is 4.26. The molecule has 1 saturated carbocycles. The highest BCUT2D eigenvalue weighted by Crippen LogP contribution is 2.41. The number of ether oxygens (including phenoxy) is 1. The molecule has 2 saturated heterocycles. The number of nitrogens with zero attached hydrogens (tertiary/aromatic N) is 2. The van der Waals surface area contributed by atoms with Crippen LogP contribution >= 0.6 is 0 Å². The molecule has 1 N–H and O–H groups in total. The molecule has 1 aromatic rings. The molecule has 2 aliphatic heterocycles. The smallest absolute Gasteiger partial charge is 0.475 e. The first-order valence-corrected chi connectivity index (χ1v) is 11.0. The van der Waals surface area contributed by atoms with Gasteiger partial charge in [-0.05, 0) is 63.6 Å². The maximum atomic E-state index is 12.5. The lowest BCUT2D eigenvalue weighted by Crippen LogP contribution is -2.54. The molecule has 3 heterocycles. The first kappa shape index (κ1) is 24.6. The van der Waals surface area contributed by atoms with Crippen LogP contribution in [0.25, 0.3) is 0 Å². The molecule has 1 amide bonds. The van der Waals surface area contributed by atoms with Gasteiger partial charge in [-0.2, -0.15) is 13.2 Å². The number of furan rings is 1. The quantitative estimate of drug-likeness (QED) is 0.701. The van der Waals surface area contributed by atoms with Gasteiger partial charge in [-0.1, -0.05) is 0 Å². The van der Waals surface area contributed by atoms with Crippen molar-refractivity contribution in [2.75, 3.05) is 33.4 Å². The number of hydrogen-bond acceptors (Lipinski definition) is 5. The average Bonchev–Trinajstić information content (AvgIpc) is 3.34. The predicted molar refractivity (Wildman–Crippen MR) is 109 cm³/mol. The van der Waals surface area contributed by atoms with E-state index in [1.54, 1.807) is 6.26 Å². The van der Waals surface area contributed by atoms with Crippen molar-refractivity contribution in [1.82, 2.24) is 9.80 Å². The van der Waals surface area contributed by atoms with Gasteiger partial charge in [-0.25, -0.2) is 4.79 Å².